The van der Waals surface area contributed by atoms with Crippen molar-refractivity contribution in [1.29, 1.82) is 0 Å². The van der Waals surface area contributed by atoms with Crippen molar-refractivity contribution >= 4 is 23.2 Å². The molecule has 2 aromatic carbocycles. The van der Waals surface area contributed by atoms with Crippen molar-refractivity contribution in [3.05, 3.63) is 53.6 Å². The van der Waals surface area contributed by atoms with Gasteiger partial charge in [-0.05, 0) is 49.2 Å². The van der Waals surface area contributed by atoms with Crippen LogP contribution in [-0.2, 0) is 9.59 Å². The van der Waals surface area contributed by atoms with E-state index in [2.05, 4.69) is 11.4 Å². The Kier molecular flexibility index (Phi) is 4.25. The fraction of sp³-hybridized carbons (Fsp3) is 0.263. The van der Waals surface area contributed by atoms with E-state index in [1.54, 1.807) is 31.4 Å². The van der Waals surface area contributed by atoms with Crippen LogP contribution in [0.15, 0.2) is 42.5 Å². The first-order valence-electron chi connectivity index (χ1n) is 7.83. The van der Waals surface area contributed by atoms with Gasteiger partial charge in [-0.25, -0.2) is 4.90 Å². The number of aryl methyl sites for hydroxylation is 2. The van der Waals surface area contributed by atoms with E-state index in [4.69, 9.17) is 4.74 Å². The van der Waals surface area contributed by atoms with Crippen LogP contribution in [0, 0.1) is 13.8 Å². The van der Waals surface area contributed by atoms with Crippen molar-refractivity contribution < 1.29 is 14.3 Å². The SMILES string of the molecule is COc1cccc(N2C(=O)C[C@H](Nc3cc(C)cc(C)c3)C2=O)c1. The Hall–Kier alpha value is -2.82. The zero-order valence-corrected chi connectivity index (χ0v) is 14.0. The topological polar surface area (TPSA) is 58.6 Å². The Bertz CT molecular complexity index is 781. The number of hydrogen-bond acceptors (Lipinski definition) is 4. The molecule has 3 rings (SSSR count). The van der Waals surface area contributed by atoms with Gasteiger partial charge < -0.3 is 10.1 Å². The molecule has 1 aliphatic rings. The third kappa shape index (κ3) is 3.11. The van der Waals surface area contributed by atoms with Gasteiger partial charge in [-0.15, -0.1) is 0 Å². The standard InChI is InChI=1S/C19H20N2O3/c1-12-7-13(2)9-14(8-12)20-17-11-18(22)21(19(17)23)15-5-4-6-16(10-15)24-3/h4-10,17,20H,11H2,1-3H3/t17-/m0/s1. The third-order valence-electron chi connectivity index (χ3n) is 4.02. The predicted molar refractivity (Wildman–Crippen MR) is 93.4 cm³/mol. The van der Waals surface area contributed by atoms with Gasteiger partial charge in [-0.1, -0.05) is 12.1 Å². The average Bonchev–Trinajstić information content (AvgIpc) is 2.80. The molecule has 124 valence electrons. The van der Waals surface area contributed by atoms with Crippen LogP contribution in [0.2, 0.25) is 0 Å². The number of imide groups is 1. The molecule has 1 atom stereocenters. The van der Waals surface area contributed by atoms with Gasteiger partial charge in [-0.3, -0.25) is 9.59 Å². The molecule has 0 unspecified atom stereocenters. The van der Waals surface area contributed by atoms with Gasteiger partial charge in [0.25, 0.3) is 5.91 Å². The molecular weight excluding hydrogens is 304 g/mol. The van der Waals surface area contributed by atoms with E-state index in [1.807, 2.05) is 26.0 Å². The first-order chi connectivity index (χ1) is 11.5. The van der Waals surface area contributed by atoms with Gasteiger partial charge >= 0.3 is 0 Å². The third-order valence-corrected chi connectivity index (χ3v) is 4.02. The van der Waals surface area contributed by atoms with E-state index in [9.17, 15) is 9.59 Å². The first-order valence-corrected chi connectivity index (χ1v) is 7.83. The molecular formula is C19H20N2O3. The van der Waals surface area contributed by atoms with E-state index in [0.29, 0.717) is 11.4 Å². The number of anilines is 2. The fourth-order valence-electron chi connectivity index (χ4n) is 3.02. The summed E-state index contributed by atoms with van der Waals surface area (Å²) in [5, 5.41) is 3.19. The van der Waals surface area contributed by atoms with E-state index in [1.165, 1.54) is 4.90 Å². The molecule has 5 heteroatoms. The number of ether oxygens (including phenoxy) is 1. The van der Waals surface area contributed by atoms with Crippen molar-refractivity contribution in [3.8, 4) is 5.75 Å². The second-order valence-electron chi connectivity index (χ2n) is 6.05. The largest absolute Gasteiger partial charge is 0.497 e. The number of rotatable bonds is 4. The molecule has 1 aliphatic heterocycles. The summed E-state index contributed by atoms with van der Waals surface area (Å²) >= 11 is 0. The first kappa shape index (κ1) is 16.1. The summed E-state index contributed by atoms with van der Waals surface area (Å²) in [5.74, 6) is 0.154. The highest BCUT2D eigenvalue weighted by atomic mass is 16.5. The van der Waals surface area contributed by atoms with Crippen LogP contribution in [0.25, 0.3) is 0 Å². The van der Waals surface area contributed by atoms with E-state index >= 15 is 0 Å². The normalized spacial score (nSPS) is 17.3. The molecule has 0 spiro atoms. The molecule has 0 saturated carbocycles. The molecule has 1 heterocycles. The molecule has 1 fully saturated rings. The Morgan fingerprint density at radius 1 is 1.08 bits per heavy atom. The molecule has 1 saturated heterocycles. The lowest BCUT2D eigenvalue weighted by Crippen LogP contribution is -2.34. The monoisotopic (exact) mass is 324 g/mol. The number of nitrogens with zero attached hydrogens (tertiary/aromatic N) is 1. The zero-order chi connectivity index (χ0) is 17.3. The highest BCUT2D eigenvalue weighted by Gasteiger charge is 2.39. The summed E-state index contributed by atoms with van der Waals surface area (Å²) in [4.78, 5) is 26.3. The predicted octanol–water partition coefficient (Wildman–Crippen LogP) is 3.06. The van der Waals surface area contributed by atoms with Gasteiger partial charge in [0.1, 0.15) is 11.8 Å². The number of hydrogen-bond donors (Lipinski definition) is 1. The van der Waals surface area contributed by atoms with E-state index in [-0.39, 0.29) is 18.2 Å². The number of benzene rings is 2. The maximum atomic E-state index is 12.7. The highest BCUT2D eigenvalue weighted by molar-refractivity contribution is 6.23. The number of methoxy groups -OCH3 is 1. The summed E-state index contributed by atoms with van der Waals surface area (Å²) in [6, 6.07) is 12.4. The summed E-state index contributed by atoms with van der Waals surface area (Å²) in [5.41, 5.74) is 3.61. The van der Waals surface area contributed by atoms with Crippen molar-refractivity contribution in [1.82, 2.24) is 0 Å². The summed E-state index contributed by atoms with van der Waals surface area (Å²) < 4.78 is 5.17. The Morgan fingerprint density at radius 2 is 1.79 bits per heavy atom. The molecule has 1 N–H and O–H groups in total. The van der Waals surface area contributed by atoms with E-state index < -0.39 is 6.04 Å². The van der Waals surface area contributed by atoms with Crippen molar-refractivity contribution in [2.45, 2.75) is 26.3 Å². The van der Waals surface area contributed by atoms with Gasteiger partial charge in [0.15, 0.2) is 0 Å². The molecule has 24 heavy (non-hydrogen) atoms. The van der Waals surface area contributed by atoms with Gasteiger partial charge in [0, 0.05) is 11.8 Å². The number of nitrogens with one attached hydrogen (secondary N) is 1. The fourth-order valence-corrected chi connectivity index (χ4v) is 3.02. The van der Waals surface area contributed by atoms with Crippen LogP contribution in [-0.4, -0.2) is 25.0 Å². The van der Waals surface area contributed by atoms with Crippen LogP contribution in [0.1, 0.15) is 17.5 Å². The highest BCUT2D eigenvalue weighted by Crippen LogP contribution is 2.28. The lowest BCUT2D eigenvalue weighted by Gasteiger charge is -2.17. The van der Waals surface area contributed by atoms with Gasteiger partial charge in [0.05, 0.1) is 19.2 Å². The molecule has 2 aromatic rings. The molecule has 0 radical (unpaired) electrons. The molecule has 0 bridgehead atoms. The van der Waals surface area contributed by atoms with E-state index in [0.717, 1.165) is 16.8 Å². The quantitative estimate of drug-likeness (QED) is 0.878. The minimum Gasteiger partial charge on any atom is -0.497 e. The Labute approximate surface area is 141 Å². The number of carbonyl (C=O) groups is 2. The second-order valence-corrected chi connectivity index (χ2v) is 6.05. The second kappa shape index (κ2) is 6.35. The van der Waals surface area contributed by atoms with Crippen LogP contribution in [0.3, 0.4) is 0 Å². The molecule has 5 nitrogen and oxygen atoms in total. The smallest absolute Gasteiger partial charge is 0.256 e. The van der Waals surface area contributed by atoms with Crippen LogP contribution < -0.4 is 15.0 Å². The maximum absolute atomic E-state index is 12.7. The average molecular weight is 324 g/mol. The van der Waals surface area contributed by atoms with Crippen molar-refractivity contribution in [2.75, 3.05) is 17.3 Å². The molecule has 0 aromatic heterocycles. The molecule has 2 amide bonds. The Morgan fingerprint density at radius 3 is 2.46 bits per heavy atom. The number of amides is 2. The lowest BCUT2D eigenvalue weighted by atomic mass is 10.1. The maximum Gasteiger partial charge on any atom is 0.256 e. The summed E-state index contributed by atoms with van der Waals surface area (Å²) in [6.45, 7) is 4.00. The minimum absolute atomic E-state index is 0.142. The summed E-state index contributed by atoms with van der Waals surface area (Å²) in [6.07, 6.45) is 0.142. The van der Waals surface area contributed by atoms with Crippen LogP contribution in [0.5, 0.6) is 5.75 Å². The minimum atomic E-state index is -0.551. The van der Waals surface area contributed by atoms with Crippen LogP contribution >= 0.6 is 0 Å². The lowest BCUT2D eigenvalue weighted by molar-refractivity contribution is -0.121. The van der Waals surface area contributed by atoms with Crippen LogP contribution in [0.4, 0.5) is 11.4 Å². The van der Waals surface area contributed by atoms with Crippen molar-refractivity contribution in [2.24, 2.45) is 0 Å². The van der Waals surface area contributed by atoms with Gasteiger partial charge in [0.2, 0.25) is 5.91 Å². The number of carbonyl (C=O) groups excluding carboxylic acids is 2. The zero-order valence-electron chi connectivity index (χ0n) is 14.0. The summed E-state index contributed by atoms with van der Waals surface area (Å²) in [7, 11) is 1.55. The van der Waals surface area contributed by atoms with Crippen molar-refractivity contribution in [3.63, 3.8) is 0 Å². The molecule has 0 aliphatic carbocycles. The Balaban J connectivity index is 1.83. The van der Waals surface area contributed by atoms with Gasteiger partial charge in [-0.2, -0.15) is 0 Å².